The Balaban J connectivity index is 1.80. The van der Waals surface area contributed by atoms with Gasteiger partial charge in [0, 0.05) is 32.8 Å². The largest absolute Gasteiger partial charge is 0.377 e. The van der Waals surface area contributed by atoms with E-state index in [9.17, 15) is 4.79 Å². The number of rotatable bonds is 5. The third kappa shape index (κ3) is 4.66. The third-order valence-corrected chi connectivity index (χ3v) is 4.93. The van der Waals surface area contributed by atoms with Crippen LogP contribution in [0.5, 0.6) is 0 Å². The maximum Gasteiger partial charge on any atom is 0.239 e. The molecule has 2 saturated heterocycles. The number of hydrogen-bond acceptors (Lipinski definition) is 4. The monoisotopic (exact) mass is 297 g/mol. The van der Waals surface area contributed by atoms with Gasteiger partial charge in [0.15, 0.2) is 0 Å². The van der Waals surface area contributed by atoms with Crippen molar-refractivity contribution in [3.05, 3.63) is 0 Å². The normalized spacial score (nSPS) is 27.4. The summed E-state index contributed by atoms with van der Waals surface area (Å²) in [5.41, 5.74) is 6.10. The van der Waals surface area contributed by atoms with Gasteiger partial charge in [-0.15, -0.1) is 0 Å². The first kappa shape index (κ1) is 16.7. The fourth-order valence-electron chi connectivity index (χ4n) is 3.16. The molecular weight excluding hydrogens is 266 g/mol. The molecule has 0 radical (unpaired) electrons. The van der Waals surface area contributed by atoms with Crippen molar-refractivity contribution >= 4 is 5.91 Å². The number of nitrogens with zero attached hydrogens (tertiary/aromatic N) is 2. The summed E-state index contributed by atoms with van der Waals surface area (Å²) in [6.45, 7) is 9.71. The van der Waals surface area contributed by atoms with Gasteiger partial charge in [-0.2, -0.15) is 0 Å². The Morgan fingerprint density at radius 3 is 2.76 bits per heavy atom. The lowest BCUT2D eigenvalue weighted by atomic mass is 9.99. The molecule has 2 unspecified atom stereocenters. The molecule has 2 N–H and O–H groups in total. The van der Waals surface area contributed by atoms with E-state index in [4.69, 9.17) is 10.5 Å². The maximum absolute atomic E-state index is 12.5. The molecule has 5 nitrogen and oxygen atoms in total. The zero-order valence-corrected chi connectivity index (χ0v) is 13.6. The Hall–Kier alpha value is -0.650. The minimum absolute atomic E-state index is 0.128. The van der Waals surface area contributed by atoms with Crippen molar-refractivity contribution in [2.45, 2.75) is 51.7 Å². The van der Waals surface area contributed by atoms with Crippen LogP contribution in [0.15, 0.2) is 0 Å². The third-order valence-electron chi connectivity index (χ3n) is 4.93. The van der Waals surface area contributed by atoms with Crippen LogP contribution in [0.1, 0.15) is 39.5 Å². The van der Waals surface area contributed by atoms with Crippen molar-refractivity contribution in [1.29, 1.82) is 0 Å². The summed E-state index contributed by atoms with van der Waals surface area (Å²) < 4.78 is 5.71. The van der Waals surface area contributed by atoms with Crippen molar-refractivity contribution in [1.82, 2.24) is 9.80 Å². The van der Waals surface area contributed by atoms with E-state index in [2.05, 4.69) is 18.7 Å². The van der Waals surface area contributed by atoms with Gasteiger partial charge in [0.1, 0.15) is 0 Å². The molecule has 2 aliphatic rings. The molecule has 2 heterocycles. The fraction of sp³-hybridized carbons (Fsp3) is 0.938. The van der Waals surface area contributed by atoms with Gasteiger partial charge in [-0.05, 0) is 31.7 Å². The summed E-state index contributed by atoms with van der Waals surface area (Å²) in [5.74, 6) is 0.382. The zero-order chi connectivity index (χ0) is 15.2. The van der Waals surface area contributed by atoms with Crippen molar-refractivity contribution in [3.8, 4) is 0 Å². The predicted molar refractivity (Wildman–Crippen MR) is 84.0 cm³/mol. The van der Waals surface area contributed by atoms with E-state index in [-0.39, 0.29) is 17.9 Å². The van der Waals surface area contributed by atoms with Crippen LogP contribution in [0.25, 0.3) is 0 Å². The van der Waals surface area contributed by atoms with E-state index in [1.165, 1.54) is 12.8 Å². The number of carbonyl (C=O) groups excluding carboxylic acids is 1. The second-order valence-electron chi connectivity index (χ2n) is 6.53. The van der Waals surface area contributed by atoms with Gasteiger partial charge in [0.25, 0.3) is 0 Å². The molecule has 0 aromatic rings. The van der Waals surface area contributed by atoms with Crippen molar-refractivity contribution in [2.24, 2.45) is 11.7 Å². The molecule has 0 spiro atoms. The van der Waals surface area contributed by atoms with Gasteiger partial charge >= 0.3 is 0 Å². The van der Waals surface area contributed by atoms with Gasteiger partial charge in [-0.3, -0.25) is 9.69 Å². The minimum Gasteiger partial charge on any atom is -0.377 e. The van der Waals surface area contributed by atoms with Crippen LogP contribution in [0.4, 0.5) is 0 Å². The first-order chi connectivity index (χ1) is 10.1. The quantitative estimate of drug-likeness (QED) is 0.825. The molecule has 0 aromatic heterocycles. The van der Waals surface area contributed by atoms with E-state index < -0.39 is 0 Å². The molecule has 122 valence electrons. The van der Waals surface area contributed by atoms with E-state index in [0.29, 0.717) is 6.10 Å². The van der Waals surface area contributed by atoms with Crippen LogP contribution in [0, 0.1) is 5.92 Å². The van der Waals surface area contributed by atoms with E-state index >= 15 is 0 Å². The average molecular weight is 297 g/mol. The molecule has 0 bridgehead atoms. The molecule has 2 aliphatic heterocycles. The van der Waals surface area contributed by atoms with Crippen LogP contribution in [0.3, 0.4) is 0 Å². The van der Waals surface area contributed by atoms with Crippen LogP contribution >= 0.6 is 0 Å². The Morgan fingerprint density at radius 1 is 1.29 bits per heavy atom. The van der Waals surface area contributed by atoms with Crippen LogP contribution in [0.2, 0.25) is 0 Å². The number of nitrogens with two attached hydrogens (primary N) is 1. The molecule has 2 rings (SSSR count). The van der Waals surface area contributed by atoms with Crippen molar-refractivity contribution < 1.29 is 9.53 Å². The molecule has 0 aliphatic carbocycles. The highest BCUT2D eigenvalue weighted by molar-refractivity contribution is 5.82. The van der Waals surface area contributed by atoms with Gasteiger partial charge in [-0.25, -0.2) is 0 Å². The van der Waals surface area contributed by atoms with E-state index in [1.54, 1.807) is 0 Å². The highest BCUT2D eigenvalue weighted by Gasteiger charge is 2.27. The molecule has 3 atom stereocenters. The highest BCUT2D eigenvalue weighted by atomic mass is 16.5. The fourth-order valence-corrected chi connectivity index (χ4v) is 3.16. The number of hydrogen-bond donors (Lipinski definition) is 1. The summed E-state index contributed by atoms with van der Waals surface area (Å²) in [6, 6.07) is -0.347. The standard InChI is InChI=1S/C16H31N3O2/c1-3-13(2)15(17)16(20)19-8-5-7-18(9-10-19)12-14-6-4-11-21-14/h13-15H,3-12,17H2,1-2H3/t13?,14?,15-/m0/s1. The Labute approximate surface area is 128 Å². The molecular formula is C16H31N3O2. The number of carbonyl (C=O) groups is 1. The van der Waals surface area contributed by atoms with Crippen LogP contribution < -0.4 is 5.73 Å². The molecule has 5 heteroatoms. The van der Waals surface area contributed by atoms with Crippen LogP contribution in [-0.2, 0) is 9.53 Å². The van der Waals surface area contributed by atoms with E-state index in [1.807, 2.05) is 4.90 Å². The lowest BCUT2D eigenvalue weighted by molar-refractivity contribution is -0.133. The second kappa shape index (κ2) is 8.11. The molecule has 0 aromatic carbocycles. The lowest BCUT2D eigenvalue weighted by Crippen LogP contribution is -2.48. The average Bonchev–Trinajstić information content (AvgIpc) is 2.89. The summed E-state index contributed by atoms with van der Waals surface area (Å²) in [5, 5.41) is 0. The van der Waals surface area contributed by atoms with Crippen LogP contribution in [-0.4, -0.2) is 67.2 Å². The highest BCUT2D eigenvalue weighted by Crippen LogP contribution is 2.15. The molecule has 1 amide bonds. The van der Waals surface area contributed by atoms with Gasteiger partial charge in [0.2, 0.25) is 5.91 Å². The zero-order valence-electron chi connectivity index (χ0n) is 13.6. The SMILES string of the molecule is CCC(C)[C@H](N)C(=O)N1CCCN(CC2CCCO2)CC1. The first-order valence-electron chi connectivity index (χ1n) is 8.50. The van der Waals surface area contributed by atoms with Crippen molar-refractivity contribution in [2.75, 3.05) is 39.3 Å². The summed E-state index contributed by atoms with van der Waals surface area (Å²) in [7, 11) is 0. The van der Waals surface area contributed by atoms with Gasteiger partial charge < -0.3 is 15.4 Å². The smallest absolute Gasteiger partial charge is 0.239 e. The lowest BCUT2D eigenvalue weighted by Gasteiger charge is -2.27. The molecule has 21 heavy (non-hydrogen) atoms. The summed E-state index contributed by atoms with van der Waals surface area (Å²) >= 11 is 0. The maximum atomic E-state index is 12.5. The first-order valence-corrected chi connectivity index (χ1v) is 8.50. The Morgan fingerprint density at radius 2 is 2.10 bits per heavy atom. The minimum atomic E-state index is -0.347. The van der Waals surface area contributed by atoms with Crippen molar-refractivity contribution in [3.63, 3.8) is 0 Å². The Kier molecular flexibility index (Phi) is 6.45. The topological polar surface area (TPSA) is 58.8 Å². The van der Waals surface area contributed by atoms with E-state index in [0.717, 1.165) is 52.2 Å². The summed E-state index contributed by atoms with van der Waals surface area (Å²) in [4.78, 5) is 16.9. The second-order valence-corrected chi connectivity index (χ2v) is 6.53. The number of amides is 1. The predicted octanol–water partition coefficient (Wildman–Crippen LogP) is 1.07. The number of ether oxygens (including phenoxy) is 1. The Bertz CT molecular complexity index is 331. The molecule has 2 fully saturated rings. The summed E-state index contributed by atoms with van der Waals surface area (Å²) in [6.07, 6.45) is 4.75. The molecule has 0 saturated carbocycles. The van der Waals surface area contributed by atoms with Gasteiger partial charge in [-0.1, -0.05) is 20.3 Å². The van der Waals surface area contributed by atoms with Gasteiger partial charge in [0.05, 0.1) is 12.1 Å².